The van der Waals surface area contributed by atoms with Gasteiger partial charge in [0, 0.05) is 6.42 Å². The number of halogens is 2. The number of amides is 1. The minimum Gasteiger partial charge on any atom is -0.481 e. The zero-order valence-corrected chi connectivity index (χ0v) is 21.7. The maximum absolute atomic E-state index is 13.2. The largest absolute Gasteiger partial charge is 0.481 e. The van der Waals surface area contributed by atoms with Crippen LogP contribution in [-0.4, -0.2) is 35.1 Å². The lowest BCUT2D eigenvalue weighted by Gasteiger charge is -2.40. The molecule has 2 N–H and O–H groups in total. The first kappa shape index (κ1) is 26.7. The van der Waals surface area contributed by atoms with Gasteiger partial charge in [0.1, 0.15) is 6.10 Å². The van der Waals surface area contributed by atoms with Gasteiger partial charge in [-0.2, -0.15) is 0 Å². The molecule has 1 saturated carbocycles. The van der Waals surface area contributed by atoms with Gasteiger partial charge in [-0.25, -0.2) is 4.79 Å². The summed E-state index contributed by atoms with van der Waals surface area (Å²) in [6.07, 6.45) is 1.50. The maximum Gasteiger partial charge on any atom is 0.338 e. The fourth-order valence-electron chi connectivity index (χ4n) is 4.72. The highest BCUT2D eigenvalue weighted by atomic mass is 35.5. The third-order valence-electron chi connectivity index (χ3n) is 6.94. The predicted molar refractivity (Wildman–Crippen MR) is 144 cm³/mol. The number of carboxylic acid groups (broad SMARTS) is 1. The third kappa shape index (κ3) is 5.97. The van der Waals surface area contributed by atoms with Crippen molar-refractivity contribution in [3.05, 3.63) is 94.5 Å². The summed E-state index contributed by atoms with van der Waals surface area (Å²) in [4.78, 5) is 37.8. The first-order valence-electron chi connectivity index (χ1n) is 12.0. The van der Waals surface area contributed by atoms with Gasteiger partial charge in [0.25, 0.3) is 0 Å². The average molecular weight is 540 g/mol. The summed E-state index contributed by atoms with van der Waals surface area (Å²) >= 11 is 12.2. The van der Waals surface area contributed by atoms with E-state index in [-0.39, 0.29) is 18.2 Å². The van der Waals surface area contributed by atoms with Gasteiger partial charge in [0.2, 0.25) is 5.91 Å². The molecule has 3 aromatic rings. The molecule has 0 heterocycles. The fraction of sp³-hybridized carbons (Fsp3) is 0.276. The van der Waals surface area contributed by atoms with Crippen molar-refractivity contribution in [1.82, 2.24) is 5.32 Å². The summed E-state index contributed by atoms with van der Waals surface area (Å²) in [6.45, 7) is 5.40. The minimum atomic E-state index is -1.03. The van der Waals surface area contributed by atoms with E-state index in [9.17, 15) is 19.5 Å². The number of carbonyl (C=O) groups is 3. The molecule has 8 heteroatoms. The summed E-state index contributed by atoms with van der Waals surface area (Å²) in [6, 6.07) is 17.5. The molecule has 4 rings (SSSR count). The molecule has 192 valence electrons. The van der Waals surface area contributed by atoms with Crippen LogP contribution in [0.2, 0.25) is 10.0 Å². The molecule has 1 fully saturated rings. The van der Waals surface area contributed by atoms with Crippen LogP contribution in [0.15, 0.2) is 73.3 Å². The van der Waals surface area contributed by atoms with E-state index in [1.54, 1.807) is 43.3 Å². The van der Waals surface area contributed by atoms with E-state index in [0.29, 0.717) is 22.0 Å². The summed E-state index contributed by atoms with van der Waals surface area (Å²) in [5.41, 5.74) is 1.15. The van der Waals surface area contributed by atoms with Crippen LogP contribution in [0.3, 0.4) is 0 Å². The molecule has 0 aromatic heterocycles. The minimum absolute atomic E-state index is 0.249. The lowest BCUT2D eigenvalue weighted by Crippen LogP contribution is -2.53. The van der Waals surface area contributed by atoms with Crippen molar-refractivity contribution in [2.75, 3.05) is 0 Å². The van der Waals surface area contributed by atoms with E-state index in [1.165, 1.54) is 0 Å². The molecule has 5 atom stereocenters. The standard InChI is InChI=1S/C29H27Cl2NO5/c1-3-18-15-22(26(18)28(34)35)27(33)32-16(2)25(13-17-8-11-23(30)24(31)12-17)37-29(36)21-10-9-19-6-4-5-7-20(19)14-21/h3-12,14,16,18,22,25-26H,1,13,15H2,2H3,(H,32,33)(H,34,35)/t16?,18-,22?,25+,26+/m0/s1. The SMILES string of the molecule is C=C[C@H]1CC(C(=O)NC(C)[C@@H](Cc2ccc(Cl)c(Cl)c2)OC(=O)c2ccc3ccccc3c2)[C@@H]1C(=O)O. The molecule has 0 radical (unpaired) electrons. The Balaban J connectivity index is 1.54. The Morgan fingerprint density at radius 2 is 1.81 bits per heavy atom. The van der Waals surface area contributed by atoms with E-state index in [1.807, 2.05) is 30.3 Å². The normalized spacial score (nSPS) is 20.4. The zero-order valence-electron chi connectivity index (χ0n) is 20.2. The summed E-state index contributed by atoms with van der Waals surface area (Å²) in [7, 11) is 0. The molecule has 37 heavy (non-hydrogen) atoms. The number of hydrogen-bond acceptors (Lipinski definition) is 4. The van der Waals surface area contributed by atoms with E-state index in [0.717, 1.165) is 16.3 Å². The van der Waals surface area contributed by atoms with Gasteiger partial charge in [-0.15, -0.1) is 6.58 Å². The van der Waals surface area contributed by atoms with Crippen molar-refractivity contribution in [3.63, 3.8) is 0 Å². The van der Waals surface area contributed by atoms with Crippen LogP contribution in [0.4, 0.5) is 0 Å². The van der Waals surface area contributed by atoms with Crippen molar-refractivity contribution in [2.24, 2.45) is 17.8 Å². The van der Waals surface area contributed by atoms with Crippen LogP contribution >= 0.6 is 23.2 Å². The molecule has 2 unspecified atom stereocenters. The number of ether oxygens (including phenoxy) is 1. The Labute approximate surface area is 225 Å². The lowest BCUT2D eigenvalue weighted by atomic mass is 9.64. The van der Waals surface area contributed by atoms with Crippen molar-refractivity contribution in [2.45, 2.75) is 31.9 Å². The van der Waals surface area contributed by atoms with Crippen LogP contribution in [0.5, 0.6) is 0 Å². The number of hydrogen-bond donors (Lipinski definition) is 2. The van der Waals surface area contributed by atoms with Crippen molar-refractivity contribution < 1.29 is 24.2 Å². The second-order valence-electron chi connectivity index (χ2n) is 9.36. The fourth-order valence-corrected chi connectivity index (χ4v) is 5.04. The number of carbonyl (C=O) groups excluding carboxylic acids is 2. The molecule has 1 aliphatic carbocycles. The third-order valence-corrected chi connectivity index (χ3v) is 7.68. The average Bonchev–Trinajstić information content (AvgIpc) is 2.84. The molecular formula is C29H27Cl2NO5. The Kier molecular flexibility index (Phi) is 8.20. The topological polar surface area (TPSA) is 92.7 Å². The van der Waals surface area contributed by atoms with Crippen LogP contribution in [0.25, 0.3) is 10.8 Å². The van der Waals surface area contributed by atoms with Crippen LogP contribution < -0.4 is 5.32 Å². The van der Waals surface area contributed by atoms with Gasteiger partial charge in [0.05, 0.1) is 33.5 Å². The maximum atomic E-state index is 13.2. The number of allylic oxidation sites excluding steroid dienone is 1. The van der Waals surface area contributed by atoms with E-state index in [2.05, 4.69) is 11.9 Å². The Morgan fingerprint density at radius 3 is 2.49 bits per heavy atom. The zero-order chi connectivity index (χ0) is 26.7. The summed E-state index contributed by atoms with van der Waals surface area (Å²) in [5, 5.41) is 15.1. The van der Waals surface area contributed by atoms with Gasteiger partial charge < -0.3 is 15.2 Å². The second kappa shape index (κ2) is 11.4. The van der Waals surface area contributed by atoms with Crippen LogP contribution in [0.1, 0.15) is 29.3 Å². The highest BCUT2D eigenvalue weighted by Crippen LogP contribution is 2.41. The molecule has 0 aliphatic heterocycles. The highest BCUT2D eigenvalue weighted by Gasteiger charge is 2.48. The molecule has 6 nitrogen and oxygen atoms in total. The number of nitrogens with one attached hydrogen (secondary N) is 1. The van der Waals surface area contributed by atoms with Crippen LogP contribution in [0, 0.1) is 17.8 Å². The van der Waals surface area contributed by atoms with E-state index in [4.69, 9.17) is 27.9 Å². The van der Waals surface area contributed by atoms with Crippen molar-refractivity contribution in [1.29, 1.82) is 0 Å². The molecule has 3 aromatic carbocycles. The predicted octanol–water partition coefficient (Wildman–Crippen LogP) is 5.94. The monoisotopic (exact) mass is 539 g/mol. The van der Waals surface area contributed by atoms with Gasteiger partial charge in [0.15, 0.2) is 0 Å². The first-order valence-corrected chi connectivity index (χ1v) is 12.7. The Morgan fingerprint density at radius 1 is 1.08 bits per heavy atom. The molecule has 1 amide bonds. The number of fused-ring (bicyclic) bond motifs is 1. The van der Waals surface area contributed by atoms with Crippen molar-refractivity contribution >= 4 is 51.8 Å². The summed E-state index contributed by atoms with van der Waals surface area (Å²) in [5.74, 6) is -3.70. The molecule has 0 saturated heterocycles. The van der Waals surface area contributed by atoms with Gasteiger partial charge in [-0.1, -0.05) is 65.7 Å². The molecule has 0 bridgehead atoms. The first-order chi connectivity index (χ1) is 17.7. The number of rotatable bonds is 9. The quantitative estimate of drug-likeness (QED) is 0.259. The summed E-state index contributed by atoms with van der Waals surface area (Å²) < 4.78 is 5.91. The Hall–Kier alpha value is -3.35. The van der Waals surface area contributed by atoms with Gasteiger partial charge in [-0.3, -0.25) is 9.59 Å². The van der Waals surface area contributed by atoms with E-state index < -0.39 is 35.9 Å². The second-order valence-corrected chi connectivity index (χ2v) is 10.2. The molecule has 1 aliphatic rings. The van der Waals surface area contributed by atoms with Gasteiger partial charge >= 0.3 is 11.9 Å². The van der Waals surface area contributed by atoms with Crippen LogP contribution in [-0.2, 0) is 20.7 Å². The van der Waals surface area contributed by atoms with Gasteiger partial charge in [-0.05, 0) is 59.9 Å². The highest BCUT2D eigenvalue weighted by molar-refractivity contribution is 6.42. The Bertz CT molecular complexity index is 1360. The number of aliphatic carboxylic acids is 1. The van der Waals surface area contributed by atoms with Crippen molar-refractivity contribution in [3.8, 4) is 0 Å². The molecular weight excluding hydrogens is 513 g/mol. The number of carboxylic acids is 1. The molecule has 0 spiro atoms. The smallest absolute Gasteiger partial charge is 0.338 e. The lowest BCUT2D eigenvalue weighted by molar-refractivity contribution is -0.156. The van der Waals surface area contributed by atoms with E-state index >= 15 is 0 Å². The number of esters is 1. The number of benzene rings is 3.